The first-order valence-electron chi connectivity index (χ1n) is 7.16. The van der Waals surface area contributed by atoms with E-state index in [2.05, 4.69) is 38.2 Å². The van der Waals surface area contributed by atoms with Gasteiger partial charge in [0.1, 0.15) is 5.76 Å². The van der Waals surface area contributed by atoms with Gasteiger partial charge >= 0.3 is 0 Å². The van der Waals surface area contributed by atoms with Crippen LogP contribution in [0.2, 0.25) is 5.02 Å². The standard InChI is InChI=1S/C17H22ClNO/c1-4-15(16-6-5-11-20-16)19-17(12(2)3)13-7-9-14(18)10-8-13/h5-12,15,17,19H,4H2,1-3H3. The van der Waals surface area contributed by atoms with Crippen LogP contribution in [0.5, 0.6) is 0 Å². The Labute approximate surface area is 126 Å². The Balaban J connectivity index is 2.18. The van der Waals surface area contributed by atoms with Crippen LogP contribution in [0, 0.1) is 5.92 Å². The maximum atomic E-state index is 5.97. The van der Waals surface area contributed by atoms with E-state index in [4.69, 9.17) is 16.0 Å². The van der Waals surface area contributed by atoms with Crippen molar-refractivity contribution >= 4 is 11.6 Å². The van der Waals surface area contributed by atoms with E-state index in [1.165, 1.54) is 5.56 Å². The Kier molecular flexibility index (Phi) is 5.27. The molecule has 1 aromatic heterocycles. The minimum atomic E-state index is 0.230. The van der Waals surface area contributed by atoms with Crippen LogP contribution in [-0.4, -0.2) is 0 Å². The van der Waals surface area contributed by atoms with Crippen LogP contribution < -0.4 is 5.32 Å². The van der Waals surface area contributed by atoms with E-state index in [0.29, 0.717) is 5.92 Å². The van der Waals surface area contributed by atoms with E-state index in [-0.39, 0.29) is 12.1 Å². The van der Waals surface area contributed by atoms with Crippen molar-refractivity contribution in [3.63, 3.8) is 0 Å². The second-order valence-electron chi connectivity index (χ2n) is 5.42. The molecule has 0 aliphatic rings. The molecule has 108 valence electrons. The summed E-state index contributed by atoms with van der Waals surface area (Å²) >= 11 is 5.97. The summed E-state index contributed by atoms with van der Waals surface area (Å²) in [6.45, 7) is 6.61. The van der Waals surface area contributed by atoms with Crippen LogP contribution in [0.3, 0.4) is 0 Å². The molecule has 0 aliphatic heterocycles. The van der Waals surface area contributed by atoms with Gasteiger partial charge < -0.3 is 9.73 Å². The van der Waals surface area contributed by atoms with Gasteiger partial charge in [0, 0.05) is 11.1 Å². The lowest BCUT2D eigenvalue weighted by atomic mass is 9.94. The predicted octanol–water partition coefficient (Wildman–Crippen LogP) is 5.37. The molecule has 0 aliphatic carbocycles. The number of hydrogen-bond acceptors (Lipinski definition) is 2. The number of halogens is 1. The molecule has 2 aromatic rings. The molecule has 2 rings (SSSR count). The van der Waals surface area contributed by atoms with Crippen LogP contribution in [0.15, 0.2) is 47.1 Å². The first-order chi connectivity index (χ1) is 9.61. The number of nitrogens with one attached hydrogen (secondary N) is 1. The second kappa shape index (κ2) is 6.96. The number of benzene rings is 1. The van der Waals surface area contributed by atoms with Gasteiger partial charge in [-0.25, -0.2) is 0 Å². The van der Waals surface area contributed by atoms with E-state index in [9.17, 15) is 0 Å². The highest BCUT2D eigenvalue weighted by molar-refractivity contribution is 6.30. The molecular formula is C17H22ClNO. The Morgan fingerprint density at radius 2 is 1.85 bits per heavy atom. The molecule has 0 saturated carbocycles. The third-order valence-corrected chi connectivity index (χ3v) is 3.82. The Hall–Kier alpha value is -1.25. The summed E-state index contributed by atoms with van der Waals surface area (Å²) in [5.74, 6) is 1.48. The second-order valence-corrected chi connectivity index (χ2v) is 5.85. The minimum Gasteiger partial charge on any atom is -0.468 e. The highest BCUT2D eigenvalue weighted by atomic mass is 35.5. The van der Waals surface area contributed by atoms with Crippen molar-refractivity contribution in [3.05, 3.63) is 59.0 Å². The monoisotopic (exact) mass is 291 g/mol. The highest BCUT2D eigenvalue weighted by Gasteiger charge is 2.21. The van der Waals surface area contributed by atoms with Crippen molar-refractivity contribution in [2.75, 3.05) is 0 Å². The first-order valence-corrected chi connectivity index (χ1v) is 7.54. The molecule has 2 atom stereocenters. The molecule has 0 fully saturated rings. The molecule has 2 nitrogen and oxygen atoms in total. The predicted molar refractivity (Wildman–Crippen MR) is 83.9 cm³/mol. The number of rotatable bonds is 6. The fourth-order valence-electron chi connectivity index (χ4n) is 2.45. The van der Waals surface area contributed by atoms with Gasteiger partial charge in [-0.2, -0.15) is 0 Å². The molecule has 1 aromatic carbocycles. The van der Waals surface area contributed by atoms with Crippen molar-refractivity contribution in [1.29, 1.82) is 0 Å². The summed E-state index contributed by atoms with van der Waals surface area (Å²) < 4.78 is 5.54. The van der Waals surface area contributed by atoms with E-state index in [0.717, 1.165) is 17.2 Å². The molecule has 0 radical (unpaired) electrons. The van der Waals surface area contributed by atoms with Gasteiger partial charge in [-0.05, 0) is 42.2 Å². The van der Waals surface area contributed by atoms with Crippen molar-refractivity contribution in [2.45, 2.75) is 39.3 Å². The van der Waals surface area contributed by atoms with Gasteiger partial charge in [0.2, 0.25) is 0 Å². The van der Waals surface area contributed by atoms with E-state index in [1.807, 2.05) is 24.3 Å². The summed E-state index contributed by atoms with van der Waals surface area (Å²) in [5, 5.41) is 4.48. The lowest BCUT2D eigenvalue weighted by Crippen LogP contribution is -2.29. The van der Waals surface area contributed by atoms with E-state index < -0.39 is 0 Å². The van der Waals surface area contributed by atoms with E-state index >= 15 is 0 Å². The van der Waals surface area contributed by atoms with Crippen LogP contribution in [-0.2, 0) is 0 Å². The highest BCUT2D eigenvalue weighted by Crippen LogP contribution is 2.28. The first kappa shape index (κ1) is 15.1. The van der Waals surface area contributed by atoms with Gasteiger partial charge in [-0.3, -0.25) is 0 Å². The zero-order valence-electron chi connectivity index (χ0n) is 12.3. The van der Waals surface area contributed by atoms with Crippen molar-refractivity contribution in [3.8, 4) is 0 Å². The molecule has 20 heavy (non-hydrogen) atoms. The van der Waals surface area contributed by atoms with Crippen molar-refractivity contribution in [2.24, 2.45) is 5.92 Å². The summed E-state index contributed by atoms with van der Waals surface area (Å²) in [7, 11) is 0. The molecule has 0 spiro atoms. The third-order valence-electron chi connectivity index (χ3n) is 3.57. The zero-order chi connectivity index (χ0) is 14.5. The van der Waals surface area contributed by atoms with Crippen molar-refractivity contribution in [1.82, 2.24) is 5.32 Å². The average Bonchev–Trinajstić information content (AvgIpc) is 2.95. The van der Waals surface area contributed by atoms with Gasteiger partial charge in [0.25, 0.3) is 0 Å². The Morgan fingerprint density at radius 3 is 2.35 bits per heavy atom. The van der Waals surface area contributed by atoms with Crippen LogP contribution in [0.25, 0.3) is 0 Å². The Bertz CT molecular complexity index is 504. The zero-order valence-corrected chi connectivity index (χ0v) is 13.0. The smallest absolute Gasteiger partial charge is 0.120 e. The number of furan rings is 1. The van der Waals surface area contributed by atoms with Gasteiger partial charge in [0.05, 0.1) is 12.3 Å². The molecule has 1 heterocycles. The molecule has 1 N–H and O–H groups in total. The SMILES string of the molecule is CCC(NC(c1ccc(Cl)cc1)C(C)C)c1ccco1. The minimum absolute atomic E-state index is 0.230. The average molecular weight is 292 g/mol. The maximum absolute atomic E-state index is 5.97. The maximum Gasteiger partial charge on any atom is 0.120 e. The summed E-state index contributed by atoms with van der Waals surface area (Å²) in [6, 6.07) is 12.6. The van der Waals surface area contributed by atoms with Crippen LogP contribution >= 0.6 is 11.6 Å². The molecule has 0 saturated heterocycles. The lowest BCUT2D eigenvalue weighted by molar-refractivity contribution is 0.321. The summed E-state index contributed by atoms with van der Waals surface area (Å²) in [6.07, 6.45) is 2.72. The normalized spacial score (nSPS) is 14.4. The molecule has 0 bridgehead atoms. The van der Waals surface area contributed by atoms with Crippen molar-refractivity contribution < 1.29 is 4.42 Å². The van der Waals surface area contributed by atoms with Gasteiger partial charge in [-0.1, -0.05) is 44.5 Å². The number of hydrogen-bond donors (Lipinski definition) is 1. The summed E-state index contributed by atoms with van der Waals surface area (Å²) in [4.78, 5) is 0. The van der Waals surface area contributed by atoms with Gasteiger partial charge in [0.15, 0.2) is 0 Å². The fourth-order valence-corrected chi connectivity index (χ4v) is 2.58. The lowest BCUT2D eigenvalue weighted by Gasteiger charge is -2.27. The molecule has 2 unspecified atom stereocenters. The third kappa shape index (κ3) is 3.65. The molecule has 3 heteroatoms. The van der Waals surface area contributed by atoms with Gasteiger partial charge in [-0.15, -0.1) is 0 Å². The topological polar surface area (TPSA) is 25.2 Å². The quantitative estimate of drug-likeness (QED) is 0.774. The summed E-state index contributed by atoms with van der Waals surface area (Å²) in [5.41, 5.74) is 1.26. The van der Waals surface area contributed by atoms with Crippen LogP contribution in [0.4, 0.5) is 0 Å². The largest absolute Gasteiger partial charge is 0.468 e. The fraction of sp³-hybridized carbons (Fsp3) is 0.412. The molecule has 0 amide bonds. The van der Waals surface area contributed by atoms with Crippen LogP contribution in [0.1, 0.15) is 50.6 Å². The molecular weight excluding hydrogens is 270 g/mol. The Morgan fingerprint density at radius 1 is 1.15 bits per heavy atom. The van der Waals surface area contributed by atoms with E-state index in [1.54, 1.807) is 6.26 Å².